The van der Waals surface area contributed by atoms with Gasteiger partial charge in [0.05, 0.1) is 29.9 Å². The van der Waals surface area contributed by atoms with Crippen LogP contribution in [0, 0.1) is 11.3 Å². The van der Waals surface area contributed by atoms with Crippen molar-refractivity contribution in [3.05, 3.63) is 96.7 Å². The number of thiophene rings is 1. The van der Waals surface area contributed by atoms with Gasteiger partial charge < -0.3 is 19.1 Å². The van der Waals surface area contributed by atoms with Crippen molar-refractivity contribution in [2.24, 2.45) is 0 Å². The number of nitrogens with zero attached hydrogens (tertiary/aromatic N) is 4. The molecule has 1 fully saturated rings. The maximum absolute atomic E-state index is 10.3. The molecule has 228 valence electrons. The Labute approximate surface area is 276 Å². The molecule has 0 radical (unpaired) electrons. The van der Waals surface area contributed by atoms with Crippen molar-refractivity contribution in [1.82, 2.24) is 14.9 Å². The molecule has 1 N–H and O–H groups in total. The minimum absolute atomic E-state index is 0.462. The summed E-state index contributed by atoms with van der Waals surface area (Å²) in [7, 11) is 1.61. The first-order valence-corrected chi connectivity index (χ1v) is 17.5. The number of rotatable bonds is 12. The van der Waals surface area contributed by atoms with Crippen LogP contribution in [0.1, 0.15) is 12.0 Å². The van der Waals surface area contributed by atoms with Gasteiger partial charge in [0.15, 0.2) is 0 Å². The largest absolute Gasteiger partial charge is 0.493 e. The van der Waals surface area contributed by atoms with E-state index < -0.39 is 0 Å². The minimum Gasteiger partial charge on any atom is -0.493 e. The van der Waals surface area contributed by atoms with E-state index in [1.165, 1.54) is 48.0 Å². The lowest BCUT2D eigenvalue weighted by atomic mass is 9.96. The number of hydrogen-bond acceptors (Lipinski definition) is 10. The summed E-state index contributed by atoms with van der Waals surface area (Å²) < 4.78 is 12.3. The fourth-order valence-corrected chi connectivity index (χ4v) is 8.15. The Morgan fingerprint density at radius 3 is 2.58 bits per heavy atom. The van der Waals surface area contributed by atoms with E-state index in [1.807, 2.05) is 72.4 Å². The molecule has 10 heteroatoms. The predicted molar refractivity (Wildman–Crippen MR) is 187 cm³/mol. The van der Waals surface area contributed by atoms with E-state index in [4.69, 9.17) is 13.9 Å². The van der Waals surface area contributed by atoms with Gasteiger partial charge >= 0.3 is 0 Å². The highest BCUT2D eigenvalue weighted by Crippen LogP contribution is 2.47. The fourth-order valence-electron chi connectivity index (χ4n) is 5.23. The van der Waals surface area contributed by atoms with Crippen molar-refractivity contribution in [3.63, 3.8) is 0 Å². The monoisotopic (exact) mass is 651 g/mol. The summed E-state index contributed by atoms with van der Waals surface area (Å²) in [5.41, 5.74) is 6.11. The Bertz CT molecular complexity index is 1770. The van der Waals surface area contributed by atoms with Crippen LogP contribution in [-0.2, 0) is 4.18 Å². The zero-order chi connectivity index (χ0) is 30.8. The van der Waals surface area contributed by atoms with Crippen LogP contribution in [0.3, 0.4) is 0 Å². The molecular formula is C35H33N5O2S3. The molecule has 5 aromatic rings. The average molecular weight is 652 g/mol. The van der Waals surface area contributed by atoms with Crippen LogP contribution in [0.2, 0.25) is 0 Å². The van der Waals surface area contributed by atoms with E-state index in [2.05, 4.69) is 45.5 Å². The molecule has 1 aliphatic rings. The molecule has 1 aliphatic heterocycles. The summed E-state index contributed by atoms with van der Waals surface area (Å²) in [5.74, 6) is 3.72. The van der Waals surface area contributed by atoms with Gasteiger partial charge in [-0.15, -0.1) is 11.3 Å². The third-order valence-corrected chi connectivity index (χ3v) is 10.3. The summed E-state index contributed by atoms with van der Waals surface area (Å²) in [4.78, 5) is 12.8. The van der Waals surface area contributed by atoms with Gasteiger partial charge in [0.1, 0.15) is 16.0 Å². The van der Waals surface area contributed by atoms with Gasteiger partial charge in [-0.05, 0) is 47.4 Å². The van der Waals surface area contributed by atoms with Crippen LogP contribution >= 0.6 is 35.1 Å². The number of aromatic nitrogens is 2. The van der Waals surface area contributed by atoms with Gasteiger partial charge in [0, 0.05) is 66.7 Å². The highest BCUT2D eigenvalue weighted by atomic mass is 32.2. The summed E-state index contributed by atoms with van der Waals surface area (Å²) in [6.07, 6.45) is 2.74. The zero-order valence-corrected chi connectivity index (χ0v) is 27.4. The topological polar surface area (TPSA) is 83.3 Å². The van der Waals surface area contributed by atoms with E-state index in [-0.39, 0.29) is 0 Å². The summed E-state index contributed by atoms with van der Waals surface area (Å²) in [5, 5.41) is 13.6. The maximum Gasteiger partial charge on any atom is 0.227 e. The SMILES string of the molecule is COSc1sc(-c2ccnc(Nc3cccc(OCCCN4CCSCC4)c3)n2)c(-c2cccc(-c3ccccc3)c2)c1C#N. The number of nitrogens with one attached hydrogen (secondary N) is 1. The van der Waals surface area contributed by atoms with Crippen LogP contribution in [0.15, 0.2) is 95.3 Å². The van der Waals surface area contributed by atoms with Gasteiger partial charge in [0.25, 0.3) is 0 Å². The summed E-state index contributed by atoms with van der Waals surface area (Å²) in [6.45, 7) is 4.08. The van der Waals surface area contributed by atoms with E-state index >= 15 is 0 Å². The Hall–Kier alpha value is -3.85. The molecule has 7 nitrogen and oxygen atoms in total. The molecule has 0 bridgehead atoms. The van der Waals surface area contributed by atoms with Gasteiger partial charge in [-0.3, -0.25) is 0 Å². The molecule has 3 heterocycles. The van der Waals surface area contributed by atoms with Gasteiger partial charge in [-0.1, -0.05) is 54.6 Å². The molecule has 0 amide bonds. The number of hydrogen-bond donors (Lipinski definition) is 1. The molecule has 1 saturated heterocycles. The third kappa shape index (κ3) is 7.87. The summed E-state index contributed by atoms with van der Waals surface area (Å²) >= 11 is 4.72. The molecule has 2 aromatic heterocycles. The van der Waals surface area contributed by atoms with E-state index in [9.17, 15) is 5.26 Å². The molecule has 0 unspecified atom stereocenters. The normalized spacial score (nSPS) is 13.3. The summed E-state index contributed by atoms with van der Waals surface area (Å²) in [6, 6.07) is 30.7. The molecule has 0 atom stereocenters. The first-order valence-electron chi connectivity index (χ1n) is 14.8. The van der Waals surface area contributed by atoms with Crippen molar-refractivity contribution in [2.75, 3.05) is 50.2 Å². The van der Waals surface area contributed by atoms with Gasteiger partial charge in [-0.25, -0.2) is 9.97 Å². The second-order valence-corrected chi connectivity index (χ2v) is 13.8. The Morgan fingerprint density at radius 1 is 0.956 bits per heavy atom. The van der Waals surface area contributed by atoms with Crippen LogP contribution < -0.4 is 10.1 Å². The average Bonchev–Trinajstić information content (AvgIpc) is 3.46. The molecule has 0 saturated carbocycles. The molecular weight excluding hydrogens is 619 g/mol. The number of benzene rings is 3. The van der Waals surface area contributed by atoms with Gasteiger partial charge in [0.2, 0.25) is 5.95 Å². The molecule has 6 rings (SSSR count). The molecule has 45 heavy (non-hydrogen) atoms. The lowest BCUT2D eigenvalue weighted by Crippen LogP contribution is -2.33. The quantitative estimate of drug-likeness (QED) is 0.105. The van der Waals surface area contributed by atoms with Crippen molar-refractivity contribution in [1.29, 1.82) is 5.26 Å². The van der Waals surface area contributed by atoms with Crippen molar-refractivity contribution < 1.29 is 8.92 Å². The Kier molecular flexibility index (Phi) is 10.7. The lowest BCUT2D eigenvalue weighted by Gasteiger charge is -2.25. The highest BCUT2D eigenvalue weighted by molar-refractivity contribution is 7.99. The number of ether oxygens (including phenoxy) is 1. The Morgan fingerprint density at radius 2 is 1.76 bits per heavy atom. The van der Waals surface area contributed by atoms with Crippen LogP contribution in [-0.4, -0.2) is 59.7 Å². The number of thioether (sulfide) groups is 1. The first-order chi connectivity index (χ1) is 22.2. The minimum atomic E-state index is 0.462. The predicted octanol–water partition coefficient (Wildman–Crippen LogP) is 8.63. The zero-order valence-electron chi connectivity index (χ0n) is 24.9. The smallest absolute Gasteiger partial charge is 0.227 e. The standard InChI is InChI=1S/C35H33N5O2S3/c1-41-45-34-30(24-36)32(27-11-5-10-26(22-27)25-8-3-2-4-9-25)33(44-34)31-14-15-37-35(39-31)38-28-12-6-13-29(23-28)42-19-7-16-40-17-20-43-21-18-40/h2-6,8-15,22-23H,7,16-21H2,1H3,(H,37,38,39). The number of nitriles is 1. The lowest BCUT2D eigenvalue weighted by molar-refractivity contribution is 0.248. The number of anilines is 2. The highest BCUT2D eigenvalue weighted by Gasteiger charge is 2.23. The van der Waals surface area contributed by atoms with Crippen LogP contribution in [0.5, 0.6) is 5.75 Å². The molecule has 0 spiro atoms. The Balaban J connectivity index is 1.24. The second-order valence-electron chi connectivity index (χ2n) is 10.4. The fraction of sp³-hybridized carbons (Fsp3) is 0.229. The first kappa shape index (κ1) is 31.1. The second kappa shape index (κ2) is 15.4. The van der Waals surface area contributed by atoms with Crippen LogP contribution in [0.25, 0.3) is 32.8 Å². The van der Waals surface area contributed by atoms with E-state index in [1.54, 1.807) is 13.3 Å². The van der Waals surface area contributed by atoms with Gasteiger partial charge in [-0.2, -0.15) is 17.0 Å². The maximum atomic E-state index is 10.3. The van der Waals surface area contributed by atoms with Crippen molar-refractivity contribution >= 4 is 46.8 Å². The van der Waals surface area contributed by atoms with E-state index in [0.717, 1.165) is 61.4 Å². The van der Waals surface area contributed by atoms with Crippen molar-refractivity contribution in [3.8, 4) is 44.6 Å². The van der Waals surface area contributed by atoms with Crippen LogP contribution in [0.4, 0.5) is 11.6 Å². The van der Waals surface area contributed by atoms with E-state index in [0.29, 0.717) is 18.1 Å². The molecule has 3 aromatic carbocycles. The third-order valence-electron chi connectivity index (χ3n) is 7.37. The molecule has 0 aliphatic carbocycles. The van der Waals surface area contributed by atoms with Crippen molar-refractivity contribution in [2.45, 2.75) is 10.6 Å².